The number of carboxylic acids is 2. The zero-order valence-corrected chi connectivity index (χ0v) is 10.1. The number of benzene rings is 1. The Hall–Kier alpha value is -1.93. The highest BCUT2D eigenvalue weighted by atomic mass is 32.2. The van der Waals surface area contributed by atoms with E-state index in [1.165, 1.54) is 25.1 Å². The second-order valence-electron chi connectivity index (χ2n) is 3.51. The third-order valence-corrected chi connectivity index (χ3v) is 3.63. The van der Waals surface area contributed by atoms with Crippen LogP contribution in [0.1, 0.15) is 17.3 Å². The number of aliphatic carboxylic acids is 1. The summed E-state index contributed by atoms with van der Waals surface area (Å²) in [4.78, 5) is 21.0. The van der Waals surface area contributed by atoms with Gasteiger partial charge in [-0.1, -0.05) is 6.07 Å². The fourth-order valence-corrected chi connectivity index (χ4v) is 2.39. The first-order valence-electron chi connectivity index (χ1n) is 4.82. The van der Waals surface area contributed by atoms with Gasteiger partial charge >= 0.3 is 11.9 Å². The third-order valence-electron chi connectivity index (χ3n) is 2.09. The largest absolute Gasteiger partial charge is 0.480 e. The summed E-state index contributed by atoms with van der Waals surface area (Å²) in [7, 11) is -4.05. The first-order chi connectivity index (χ1) is 8.24. The van der Waals surface area contributed by atoms with Crippen molar-refractivity contribution in [2.45, 2.75) is 17.9 Å². The molecule has 0 amide bonds. The molecule has 3 N–H and O–H groups in total. The molecule has 1 aromatic carbocycles. The average molecular weight is 273 g/mol. The van der Waals surface area contributed by atoms with Gasteiger partial charge in [-0.2, -0.15) is 4.72 Å². The summed E-state index contributed by atoms with van der Waals surface area (Å²) in [6, 6.07) is 3.34. The topological polar surface area (TPSA) is 121 Å². The third kappa shape index (κ3) is 3.28. The molecule has 98 valence electrons. The Morgan fingerprint density at radius 1 is 1.28 bits per heavy atom. The summed E-state index contributed by atoms with van der Waals surface area (Å²) < 4.78 is 25.4. The molecule has 0 spiro atoms. The Morgan fingerprint density at radius 3 is 2.39 bits per heavy atom. The smallest absolute Gasteiger partial charge is 0.335 e. The van der Waals surface area contributed by atoms with E-state index in [4.69, 9.17) is 10.2 Å². The molecule has 0 aromatic heterocycles. The second kappa shape index (κ2) is 5.15. The van der Waals surface area contributed by atoms with Crippen LogP contribution in [0.5, 0.6) is 0 Å². The van der Waals surface area contributed by atoms with Crippen molar-refractivity contribution in [3.63, 3.8) is 0 Å². The Morgan fingerprint density at radius 2 is 1.89 bits per heavy atom. The molecule has 0 aliphatic carbocycles. The van der Waals surface area contributed by atoms with E-state index < -0.39 is 28.0 Å². The quantitative estimate of drug-likeness (QED) is 0.701. The number of aromatic carboxylic acids is 1. The number of nitrogens with one attached hydrogen (secondary N) is 1. The fourth-order valence-electron chi connectivity index (χ4n) is 1.15. The van der Waals surface area contributed by atoms with Gasteiger partial charge in [-0.15, -0.1) is 0 Å². The summed E-state index contributed by atoms with van der Waals surface area (Å²) in [6.45, 7) is 1.17. The predicted octanol–water partition coefficient (Wildman–Crippen LogP) is 0.136. The number of hydrogen-bond acceptors (Lipinski definition) is 4. The van der Waals surface area contributed by atoms with Crippen molar-refractivity contribution in [1.82, 2.24) is 4.72 Å². The van der Waals surface area contributed by atoms with E-state index in [9.17, 15) is 18.0 Å². The highest BCUT2D eigenvalue weighted by Gasteiger charge is 2.22. The first kappa shape index (κ1) is 14.1. The van der Waals surface area contributed by atoms with Gasteiger partial charge in [0.1, 0.15) is 6.04 Å². The van der Waals surface area contributed by atoms with Crippen molar-refractivity contribution in [2.75, 3.05) is 0 Å². The van der Waals surface area contributed by atoms with Crippen LogP contribution in [0.15, 0.2) is 29.2 Å². The molecule has 1 aromatic rings. The monoisotopic (exact) mass is 273 g/mol. The minimum Gasteiger partial charge on any atom is -0.480 e. The van der Waals surface area contributed by atoms with Crippen LogP contribution in [-0.4, -0.2) is 36.6 Å². The molecule has 18 heavy (non-hydrogen) atoms. The first-order valence-corrected chi connectivity index (χ1v) is 6.31. The number of rotatable bonds is 5. The van der Waals surface area contributed by atoms with Crippen molar-refractivity contribution in [1.29, 1.82) is 0 Å². The summed E-state index contributed by atoms with van der Waals surface area (Å²) in [5, 5.41) is 17.3. The van der Waals surface area contributed by atoms with Gasteiger partial charge in [0.05, 0.1) is 10.5 Å². The van der Waals surface area contributed by atoms with E-state index in [0.29, 0.717) is 0 Å². The molecule has 0 bridgehead atoms. The van der Waals surface area contributed by atoms with Gasteiger partial charge in [0.2, 0.25) is 10.0 Å². The van der Waals surface area contributed by atoms with Gasteiger partial charge in [-0.05, 0) is 25.1 Å². The van der Waals surface area contributed by atoms with Crippen LogP contribution in [0, 0.1) is 0 Å². The number of carboxylic acid groups (broad SMARTS) is 2. The van der Waals surface area contributed by atoms with E-state index in [0.717, 1.165) is 6.07 Å². The highest BCUT2D eigenvalue weighted by molar-refractivity contribution is 7.89. The van der Waals surface area contributed by atoms with Gasteiger partial charge < -0.3 is 10.2 Å². The molecule has 1 unspecified atom stereocenters. The minimum atomic E-state index is -4.05. The fraction of sp³-hybridized carbons (Fsp3) is 0.200. The molecule has 0 heterocycles. The highest BCUT2D eigenvalue weighted by Crippen LogP contribution is 2.12. The molecule has 0 fully saturated rings. The predicted molar refractivity (Wildman–Crippen MR) is 60.8 cm³/mol. The summed E-state index contributed by atoms with van der Waals surface area (Å²) in [5.74, 6) is -2.59. The normalized spacial score (nSPS) is 12.9. The van der Waals surface area contributed by atoms with Gasteiger partial charge in [0.15, 0.2) is 0 Å². The molecular formula is C10H11NO6S. The number of sulfonamides is 1. The average Bonchev–Trinajstić information content (AvgIpc) is 2.28. The number of carbonyl (C=O) groups is 2. The molecule has 7 nitrogen and oxygen atoms in total. The molecule has 0 radical (unpaired) electrons. The van der Waals surface area contributed by atoms with Gasteiger partial charge in [0, 0.05) is 0 Å². The van der Waals surface area contributed by atoms with Gasteiger partial charge in [-0.25, -0.2) is 13.2 Å². The lowest BCUT2D eigenvalue weighted by atomic mass is 10.2. The summed E-state index contributed by atoms with van der Waals surface area (Å²) in [5.41, 5.74) is -0.194. The molecule has 8 heteroatoms. The summed E-state index contributed by atoms with van der Waals surface area (Å²) >= 11 is 0. The Labute approximate surface area is 103 Å². The van der Waals surface area contributed by atoms with E-state index in [2.05, 4.69) is 0 Å². The van der Waals surface area contributed by atoms with Crippen molar-refractivity contribution >= 4 is 22.0 Å². The van der Waals surface area contributed by atoms with E-state index >= 15 is 0 Å². The van der Waals surface area contributed by atoms with E-state index in [1.807, 2.05) is 4.72 Å². The van der Waals surface area contributed by atoms with Crippen LogP contribution in [0.2, 0.25) is 0 Å². The molecule has 0 aliphatic rings. The lowest BCUT2D eigenvalue weighted by Crippen LogP contribution is -2.38. The Bertz CT molecular complexity index is 580. The van der Waals surface area contributed by atoms with Crippen LogP contribution in [0.25, 0.3) is 0 Å². The van der Waals surface area contributed by atoms with Crippen LogP contribution in [-0.2, 0) is 14.8 Å². The summed E-state index contributed by atoms with van der Waals surface area (Å²) in [6.07, 6.45) is 0. The second-order valence-corrected chi connectivity index (χ2v) is 5.23. The van der Waals surface area contributed by atoms with Crippen LogP contribution in [0.4, 0.5) is 0 Å². The van der Waals surface area contributed by atoms with Gasteiger partial charge in [0.25, 0.3) is 0 Å². The van der Waals surface area contributed by atoms with E-state index in [-0.39, 0.29) is 10.5 Å². The SMILES string of the molecule is CC(NS(=O)(=O)c1cccc(C(=O)O)c1)C(=O)O. The van der Waals surface area contributed by atoms with Gasteiger partial charge in [-0.3, -0.25) is 4.79 Å². The van der Waals surface area contributed by atoms with Crippen LogP contribution >= 0.6 is 0 Å². The van der Waals surface area contributed by atoms with Crippen LogP contribution in [0.3, 0.4) is 0 Å². The maximum Gasteiger partial charge on any atom is 0.335 e. The van der Waals surface area contributed by atoms with Crippen molar-refractivity contribution in [2.24, 2.45) is 0 Å². The molecule has 1 atom stereocenters. The Kier molecular flexibility index (Phi) is 4.04. The molecule has 0 aliphatic heterocycles. The molecule has 0 saturated heterocycles. The Balaban J connectivity index is 3.09. The van der Waals surface area contributed by atoms with Crippen molar-refractivity contribution < 1.29 is 28.2 Å². The maximum absolute atomic E-state index is 11.8. The zero-order chi connectivity index (χ0) is 13.9. The molecular weight excluding hydrogens is 262 g/mol. The molecule has 0 saturated carbocycles. The van der Waals surface area contributed by atoms with Crippen molar-refractivity contribution in [3.8, 4) is 0 Å². The zero-order valence-electron chi connectivity index (χ0n) is 9.32. The minimum absolute atomic E-state index is 0.194. The lowest BCUT2D eigenvalue weighted by Gasteiger charge is -2.10. The maximum atomic E-state index is 11.8. The van der Waals surface area contributed by atoms with Crippen molar-refractivity contribution in [3.05, 3.63) is 29.8 Å². The van der Waals surface area contributed by atoms with E-state index in [1.54, 1.807) is 0 Å². The number of hydrogen-bond donors (Lipinski definition) is 3. The van der Waals surface area contributed by atoms with Crippen LogP contribution < -0.4 is 4.72 Å². The standard InChI is InChI=1S/C10H11NO6S/c1-6(9(12)13)11-18(16,17)8-4-2-3-7(5-8)10(14)15/h2-6,11H,1H3,(H,12,13)(H,14,15). The lowest BCUT2D eigenvalue weighted by molar-refractivity contribution is -0.138. The molecule has 1 rings (SSSR count).